The van der Waals surface area contributed by atoms with Gasteiger partial charge in [0.15, 0.2) is 0 Å². The predicted molar refractivity (Wildman–Crippen MR) is 120 cm³/mol. The second-order valence-electron chi connectivity index (χ2n) is 8.10. The molecule has 0 radical (unpaired) electrons. The monoisotopic (exact) mass is 429 g/mol. The summed E-state index contributed by atoms with van der Waals surface area (Å²) in [5.74, 6) is 2.10. The van der Waals surface area contributed by atoms with Crippen molar-refractivity contribution in [3.8, 4) is 11.5 Å². The summed E-state index contributed by atoms with van der Waals surface area (Å²) in [6, 6.07) is 15.1. The minimum atomic E-state index is -3.45. The molecule has 1 aliphatic rings. The van der Waals surface area contributed by atoms with Gasteiger partial charge in [0.05, 0.1) is 20.0 Å². The van der Waals surface area contributed by atoms with Crippen molar-refractivity contribution in [2.24, 2.45) is 11.8 Å². The fourth-order valence-electron chi connectivity index (χ4n) is 3.75. The van der Waals surface area contributed by atoms with E-state index in [9.17, 15) is 8.42 Å². The van der Waals surface area contributed by atoms with E-state index >= 15 is 0 Å². The van der Waals surface area contributed by atoms with Gasteiger partial charge in [-0.1, -0.05) is 42.8 Å². The molecular weight excluding hydrogens is 398 g/mol. The molecule has 6 heteroatoms. The fraction of sp³-hybridized carbons (Fsp3) is 0.417. The summed E-state index contributed by atoms with van der Waals surface area (Å²) < 4.78 is 38.8. The molecule has 2 aromatic rings. The van der Waals surface area contributed by atoms with Gasteiger partial charge in [0.2, 0.25) is 10.0 Å². The highest BCUT2D eigenvalue weighted by atomic mass is 32.2. The van der Waals surface area contributed by atoms with Crippen LogP contribution in [0.25, 0.3) is 0 Å². The van der Waals surface area contributed by atoms with Gasteiger partial charge in [0.25, 0.3) is 0 Å². The number of rotatable bonds is 10. The van der Waals surface area contributed by atoms with Crippen molar-refractivity contribution in [1.82, 2.24) is 4.31 Å². The van der Waals surface area contributed by atoms with Crippen molar-refractivity contribution in [3.05, 3.63) is 71.3 Å². The van der Waals surface area contributed by atoms with Gasteiger partial charge < -0.3 is 9.47 Å². The molecule has 2 atom stereocenters. The smallest absolute Gasteiger partial charge is 0.214 e. The topological polar surface area (TPSA) is 55.8 Å². The highest BCUT2D eigenvalue weighted by molar-refractivity contribution is 7.89. The van der Waals surface area contributed by atoms with E-state index in [1.807, 2.05) is 55.5 Å². The first-order chi connectivity index (χ1) is 14.3. The highest BCUT2D eigenvalue weighted by Crippen LogP contribution is 2.33. The van der Waals surface area contributed by atoms with E-state index in [4.69, 9.17) is 9.47 Å². The van der Waals surface area contributed by atoms with E-state index in [0.29, 0.717) is 19.0 Å². The van der Waals surface area contributed by atoms with E-state index in [1.54, 1.807) is 18.5 Å². The third kappa shape index (κ3) is 5.64. The van der Waals surface area contributed by atoms with Crippen LogP contribution in [-0.4, -0.2) is 32.7 Å². The normalized spacial score (nSPS) is 17.2. The minimum absolute atomic E-state index is 0.0907. The Morgan fingerprint density at radius 3 is 1.73 bits per heavy atom. The number of allylic oxidation sites excluding steroid dienone is 2. The van der Waals surface area contributed by atoms with E-state index in [2.05, 4.69) is 13.0 Å². The summed E-state index contributed by atoms with van der Waals surface area (Å²) in [5.41, 5.74) is 3.21. The summed E-state index contributed by atoms with van der Waals surface area (Å²) >= 11 is 0. The van der Waals surface area contributed by atoms with Crippen molar-refractivity contribution in [2.45, 2.75) is 33.4 Å². The van der Waals surface area contributed by atoms with Crippen LogP contribution in [0.4, 0.5) is 0 Å². The van der Waals surface area contributed by atoms with Crippen LogP contribution in [0.15, 0.2) is 60.2 Å². The molecule has 3 rings (SSSR count). The number of hydrogen-bond acceptors (Lipinski definition) is 4. The van der Waals surface area contributed by atoms with Crippen LogP contribution in [-0.2, 0) is 23.1 Å². The molecule has 0 spiro atoms. The molecule has 0 aromatic heterocycles. The number of methoxy groups -OCH3 is 2. The maximum absolute atomic E-state index is 13.4. The summed E-state index contributed by atoms with van der Waals surface area (Å²) in [6.07, 6.45) is 3.19. The van der Waals surface area contributed by atoms with E-state index in [0.717, 1.165) is 29.0 Å². The lowest BCUT2D eigenvalue weighted by Crippen LogP contribution is -2.36. The quantitative estimate of drug-likeness (QED) is 0.517. The minimum Gasteiger partial charge on any atom is -0.497 e. The first-order valence-corrected chi connectivity index (χ1v) is 11.8. The average molecular weight is 430 g/mol. The maximum atomic E-state index is 13.4. The number of ether oxygens (including phenoxy) is 2. The average Bonchev–Trinajstić information content (AvgIpc) is 2.71. The molecular formula is C24H31NO4S. The van der Waals surface area contributed by atoms with Crippen molar-refractivity contribution in [3.63, 3.8) is 0 Å². The Kier molecular flexibility index (Phi) is 7.21. The molecule has 0 saturated heterocycles. The molecule has 0 fully saturated rings. The molecule has 0 amide bonds. The van der Waals surface area contributed by atoms with Gasteiger partial charge >= 0.3 is 0 Å². The Morgan fingerprint density at radius 1 is 0.933 bits per heavy atom. The van der Waals surface area contributed by atoms with Crippen LogP contribution < -0.4 is 9.47 Å². The number of benzene rings is 2. The van der Waals surface area contributed by atoms with Gasteiger partial charge in [-0.25, -0.2) is 8.42 Å². The van der Waals surface area contributed by atoms with Crippen LogP contribution in [0.2, 0.25) is 0 Å². The largest absolute Gasteiger partial charge is 0.497 e. The zero-order valence-electron chi connectivity index (χ0n) is 18.2. The summed E-state index contributed by atoms with van der Waals surface area (Å²) in [4.78, 5) is 0. The Balaban J connectivity index is 1.80. The second kappa shape index (κ2) is 9.67. The molecule has 0 saturated carbocycles. The third-order valence-electron chi connectivity index (χ3n) is 5.69. The van der Waals surface area contributed by atoms with Gasteiger partial charge in [-0.05, 0) is 60.6 Å². The van der Waals surface area contributed by atoms with Gasteiger partial charge in [0, 0.05) is 13.1 Å². The molecule has 30 heavy (non-hydrogen) atoms. The van der Waals surface area contributed by atoms with Crippen LogP contribution in [0.3, 0.4) is 0 Å². The van der Waals surface area contributed by atoms with E-state index < -0.39 is 10.0 Å². The predicted octanol–water partition coefficient (Wildman–Crippen LogP) is 4.64. The lowest BCUT2D eigenvalue weighted by atomic mass is 9.80. The standard InChI is InChI=1S/C24H31NO4S/c1-18-13-22(14-18)19(2)17-30(26,27)25(15-20-5-9-23(28-3)10-6-20)16-21-7-11-24(29-4)12-8-21/h5-13,19,22H,14-17H2,1-4H3/t19-,22?/m1/s1. The van der Waals surface area contributed by atoms with Gasteiger partial charge in [-0.15, -0.1) is 0 Å². The fourth-order valence-corrected chi connectivity index (χ4v) is 5.57. The van der Waals surface area contributed by atoms with Crippen LogP contribution in [0, 0.1) is 11.8 Å². The van der Waals surface area contributed by atoms with Crippen LogP contribution in [0.1, 0.15) is 31.4 Å². The molecule has 162 valence electrons. The molecule has 2 aromatic carbocycles. The van der Waals surface area contributed by atoms with Crippen molar-refractivity contribution in [2.75, 3.05) is 20.0 Å². The molecule has 0 N–H and O–H groups in total. The summed E-state index contributed by atoms with van der Waals surface area (Å²) in [5, 5.41) is 0. The molecule has 5 nitrogen and oxygen atoms in total. The number of sulfonamides is 1. The Hall–Kier alpha value is -2.31. The molecule has 0 heterocycles. The molecule has 1 aliphatic carbocycles. The van der Waals surface area contributed by atoms with Gasteiger partial charge in [0.1, 0.15) is 11.5 Å². The first kappa shape index (κ1) is 22.4. The Labute approximate surface area is 180 Å². The first-order valence-electron chi connectivity index (χ1n) is 10.2. The second-order valence-corrected chi connectivity index (χ2v) is 10.1. The summed E-state index contributed by atoms with van der Waals surface area (Å²) in [6.45, 7) is 4.77. The lowest BCUT2D eigenvalue weighted by molar-refractivity contribution is 0.375. The maximum Gasteiger partial charge on any atom is 0.214 e. The van der Waals surface area contributed by atoms with Crippen molar-refractivity contribution < 1.29 is 17.9 Å². The zero-order valence-corrected chi connectivity index (χ0v) is 19.0. The van der Waals surface area contributed by atoms with E-state index in [1.165, 1.54) is 5.57 Å². The van der Waals surface area contributed by atoms with Gasteiger partial charge in [-0.2, -0.15) is 4.31 Å². The van der Waals surface area contributed by atoms with Gasteiger partial charge in [-0.3, -0.25) is 0 Å². The Morgan fingerprint density at radius 2 is 1.37 bits per heavy atom. The van der Waals surface area contributed by atoms with E-state index in [-0.39, 0.29) is 11.7 Å². The third-order valence-corrected chi connectivity index (χ3v) is 7.68. The summed E-state index contributed by atoms with van der Waals surface area (Å²) in [7, 11) is -0.209. The Bertz CT molecular complexity index is 916. The van der Waals surface area contributed by atoms with Crippen LogP contribution >= 0.6 is 0 Å². The zero-order chi connectivity index (χ0) is 21.7. The number of hydrogen-bond donors (Lipinski definition) is 0. The lowest BCUT2D eigenvalue weighted by Gasteiger charge is -2.31. The SMILES string of the molecule is COc1ccc(CN(Cc2ccc(OC)cc2)S(=O)(=O)C[C@@H](C)C2C=C(C)C2)cc1. The molecule has 0 bridgehead atoms. The molecule has 0 aliphatic heterocycles. The molecule has 1 unspecified atom stereocenters. The van der Waals surface area contributed by atoms with Crippen molar-refractivity contribution in [1.29, 1.82) is 0 Å². The highest BCUT2D eigenvalue weighted by Gasteiger charge is 2.30. The number of nitrogens with zero attached hydrogens (tertiary/aromatic N) is 1. The van der Waals surface area contributed by atoms with Crippen molar-refractivity contribution >= 4 is 10.0 Å². The van der Waals surface area contributed by atoms with Crippen LogP contribution in [0.5, 0.6) is 11.5 Å².